The van der Waals surface area contributed by atoms with Crippen LogP contribution in [0.15, 0.2) is 24.3 Å². The molecule has 1 saturated carbocycles. The summed E-state index contributed by atoms with van der Waals surface area (Å²) in [7, 11) is 3.73. The van der Waals surface area contributed by atoms with E-state index in [4.69, 9.17) is 21.2 Å². The van der Waals surface area contributed by atoms with E-state index < -0.39 is 5.60 Å². The summed E-state index contributed by atoms with van der Waals surface area (Å²) in [4.78, 5) is 38.7. The first-order valence-electron chi connectivity index (χ1n) is 16.8. The SMILES string of the molecule is CON(C)CCN(C1CCCCC1)C1CCN(C(=O)[C@@H](Cc2ccc(Cl)cc2)NC2CCN(C(=O)OC(C)(C)C)CC2)CC1. The van der Waals surface area contributed by atoms with E-state index in [2.05, 4.69) is 15.1 Å². The molecule has 0 radical (unpaired) electrons. The highest BCUT2D eigenvalue weighted by molar-refractivity contribution is 6.30. The molecule has 0 bridgehead atoms. The summed E-state index contributed by atoms with van der Waals surface area (Å²) in [6, 6.07) is 8.78. The van der Waals surface area contributed by atoms with Gasteiger partial charge in [0.25, 0.3) is 0 Å². The number of hydrogen-bond donors (Lipinski definition) is 1. The molecule has 3 fully saturated rings. The molecule has 1 atom stereocenters. The number of likely N-dealkylation sites (N-methyl/N-ethyl adjacent to an activating group) is 1. The number of hydrogen-bond acceptors (Lipinski definition) is 7. The summed E-state index contributed by atoms with van der Waals surface area (Å²) in [5, 5.41) is 6.33. The molecule has 3 aliphatic rings. The number of likely N-dealkylation sites (tertiary alicyclic amines) is 2. The first-order chi connectivity index (χ1) is 21.0. The Morgan fingerprint density at radius 1 is 0.909 bits per heavy atom. The molecule has 1 aliphatic carbocycles. The fourth-order valence-electron chi connectivity index (χ4n) is 6.98. The topological polar surface area (TPSA) is 77.6 Å². The highest BCUT2D eigenvalue weighted by Gasteiger charge is 2.35. The Morgan fingerprint density at radius 3 is 2.09 bits per heavy atom. The van der Waals surface area contributed by atoms with Crippen molar-refractivity contribution in [2.24, 2.45) is 0 Å². The highest BCUT2D eigenvalue weighted by atomic mass is 35.5. The molecule has 44 heavy (non-hydrogen) atoms. The third kappa shape index (κ3) is 10.6. The smallest absolute Gasteiger partial charge is 0.410 e. The Bertz CT molecular complexity index is 1030. The fourth-order valence-corrected chi connectivity index (χ4v) is 7.10. The molecule has 2 saturated heterocycles. The van der Waals surface area contributed by atoms with E-state index in [9.17, 15) is 9.59 Å². The van der Waals surface area contributed by atoms with E-state index in [1.807, 2.05) is 57.1 Å². The first-order valence-corrected chi connectivity index (χ1v) is 17.2. The van der Waals surface area contributed by atoms with Gasteiger partial charge in [-0.1, -0.05) is 43.0 Å². The van der Waals surface area contributed by atoms with Crippen LogP contribution in [0, 0.1) is 0 Å². The number of amides is 2. The maximum Gasteiger partial charge on any atom is 0.410 e. The molecule has 9 nitrogen and oxygen atoms in total. The number of ether oxygens (including phenoxy) is 1. The molecule has 4 rings (SSSR count). The van der Waals surface area contributed by atoms with Gasteiger partial charge in [0.15, 0.2) is 0 Å². The number of nitrogens with zero attached hydrogens (tertiary/aromatic N) is 4. The van der Waals surface area contributed by atoms with Crippen LogP contribution in [0.3, 0.4) is 0 Å². The largest absolute Gasteiger partial charge is 0.444 e. The number of nitrogens with one attached hydrogen (secondary N) is 1. The average Bonchev–Trinajstić information content (AvgIpc) is 3.01. The lowest BCUT2D eigenvalue weighted by Crippen LogP contribution is -2.57. The van der Waals surface area contributed by atoms with Gasteiger partial charge >= 0.3 is 6.09 Å². The van der Waals surface area contributed by atoms with E-state index in [-0.39, 0.29) is 24.1 Å². The summed E-state index contributed by atoms with van der Waals surface area (Å²) in [5.41, 5.74) is 0.579. The Balaban J connectivity index is 1.37. The van der Waals surface area contributed by atoms with Gasteiger partial charge in [-0.05, 0) is 83.4 Å². The zero-order valence-electron chi connectivity index (χ0n) is 27.7. The van der Waals surface area contributed by atoms with Gasteiger partial charge in [0.1, 0.15) is 5.60 Å². The number of carbonyl (C=O) groups excluding carboxylic acids is 2. The molecule has 248 valence electrons. The number of piperidine rings is 2. The van der Waals surface area contributed by atoms with Crippen LogP contribution in [0.4, 0.5) is 4.79 Å². The normalized spacial score (nSPS) is 20.4. The molecule has 1 aromatic carbocycles. The van der Waals surface area contributed by atoms with Crippen molar-refractivity contribution < 1.29 is 19.2 Å². The lowest BCUT2D eigenvalue weighted by molar-refractivity contribution is -0.136. The molecule has 2 amide bonds. The van der Waals surface area contributed by atoms with E-state index in [0.717, 1.165) is 57.4 Å². The minimum atomic E-state index is -0.510. The van der Waals surface area contributed by atoms with Crippen LogP contribution < -0.4 is 5.32 Å². The third-order valence-corrected chi connectivity index (χ3v) is 9.76. The van der Waals surface area contributed by atoms with Crippen molar-refractivity contribution in [1.82, 2.24) is 25.1 Å². The molecular weight excluding hydrogens is 578 g/mol. The highest BCUT2D eigenvalue weighted by Crippen LogP contribution is 2.28. The van der Waals surface area contributed by atoms with Crippen LogP contribution in [-0.2, 0) is 20.8 Å². The van der Waals surface area contributed by atoms with Gasteiger partial charge in [0, 0.05) is 69.5 Å². The van der Waals surface area contributed by atoms with E-state index >= 15 is 0 Å². The average molecular weight is 634 g/mol. The molecule has 1 aromatic rings. The molecule has 0 unspecified atom stereocenters. The summed E-state index contributed by atoms with van der Waals surface area (Å²) >= 11 is 6.16. The van der Waals surface area contributed by atoms with Crippen molar-refractivity contribution in [2.75, 3.05) is 53.4 Å². The standard InChI is InChI=1S/C34H56ClN5O4/c1-34(2,3)44-33(42)39-19-15-28(16-20-39)36-31(25-26-11-13-27(35)14-12-26)32(41)38-21-17-30(18-22-38)40(24-23-37(4)43-5)29-9-7-6-8-10-29/h11-14,28-31,36H,6-10,15-25H2,1-5H3/t31-/m1/s1. The van der Waals surface area contributed by atoms with Crippen molar-refractivity contribution in [1.29, 1.82) is 0 Å². The number of benzene rings is 1. The zero-order valence-corrected chi connectivity index (χ0v) is 28.5. The van der Waals surface area contributed by atoms with Crippen LogP contribution in [-0.4, -0.2) is 115 Å². The molecule has 1 N–H and O–H groups in total. The lowest BCUT2D eigenvalue weighted by atomic mass is 9.91. The molecule has 0 spiro atoms. The van der Waals surface area contributed by atoms with Crippen molar-refractivity contribution in [3.8, 4) is 0 Å². The minimum absolute atomic E-state index is 0.159. The molecule has 2 heterocycles. The predicted molar refractivity (Wildman–Crippen MR) is 176 cm³/mol. The van der Waals surface area contributed by atoms with Gasteiger partial charge in [0.2, 0.25) is 5.91 Å². The van der Waals surface area contributed by atoms with Crippen LogP contribution >= 0.6 is 11.6 Å². The summed E-state index contributed by atoms with van der Waals surface area (Å²) < 4.78 is 5.58. The fraction of sp³-hybridized carbons (Fsp3) is 0.765. The molecule has 2 aliphatic heterocycles. The lowest BCUT2D eigenvalue weighted by Gasteiger charge is -2.44. The van der Waals surface area contributed by atoms with E-state index in [1.165, 1.54) is 32.1 Å². The Morgan fingerprint density at radius 2 is 1.50 bits per heavy atom. The predicted octanol–water partition coefficient (Wildman–Crippen LogP) is 5.36. The summed E-state index contributed by atoms with van der Waals surface area (Å²) in [6.07, 6.45) is 10.4. The molecule has 0 aromatic heterocycles. The van der Waals surface area contributed by atoms with Gasteiger partial charge in [-0.15, -0.1) is 0 Å². The zero-order chi connectivity index (χ0) is 31.7. The van der Waals surface area contributed by atoms with Gasteiger partial charge in [-0.3, -0.25) is 9.69 Å². The van der Waals surface area contributed by atoms with Crippen LogP contribution in [0.2, 0.25) is 5.02 Å². The van der Waals surface area contributed by atoms with Crippen LogP contribution in [0.25, 0.3) is 0 Å². The maximum atomic E-state index is 14.1. The van der Waals surface area contributed by atoms with E-state index in [0.29, 0.717) is 36.6 Å². The molecular formula is C34H56ClN5O4. The molecule has 10 heteroatoms. The van der Waals surface area contributed by atoms with Crippen molar-refractivity contribution >= 4 is 23.6 Å². The van der Waals surface area contributed by atoms with Crippen molar-refractivity contribution in [3.63, 3.8) is 0 Å². The maximum absolute atomic E-state index is 14.1. The van der Waals surface area contributed by atoms with Gasteiger partial charge < -0.3 is 24.7 Å². The Labute approximate surface area is 270 Å². The quantitative estimate of drug-likeness (QED) is 0.329. The number of rotatable bonds is 11. The van der Waals surface area contributed by atoms with E-state index in [1.54, 1.807) is 12.0 Å². The number of hydroxylamine groups is 2. The summed E-state index contributed by atoms with van der Waals surface area (Å²) in [6.45, 7) is 10.4. The minimum Gasteiger partial charge on any atom is -0.444 e. The number of halogens is 1. The second kappa shape index (κ2) is 16.6. The monoisotopic (exact) mass is 633 g/mol. The van der Waals surface area contributed by atoms with Gasteiger partial charge in [0.05, 0.1) is 13.2 Å². The summed E-state index contributed by atoms with van der Waals surface area (Å²) in [5.74, 6) is 0.177. The third-order valence-electron chi connectivity index (χ3n) is 9.51. The first kappa shape index (κ1) is 35.0. The second-order valence-electron chi connectivity index (χ2n) is 13.9. The second-order valence-corrected chi connectivity index (χ2v) is 14.3. The number of carbonyl (C=O) groups is 2. The van der Waals surface area contributed by atoms with Gasteiger partial charge in [-0.25, -0.2) is 4.79 Å². The van der Waals surface area contributed by atoms with Crippen LogP contribution in [0.5, 0.6) is 0 Å². The van der Waals surface area contributed by atoms with Crippen LogP contribution in [0.1, 0.15) is 84.1 Å². The van der Waals surface area contributed by atoms with Crippen molar-refractivity contribution in [2.45, 2.75) is 115 Å². The van der Waals surface area contributed by atoms with Gasteiger partial charge in [-0.2, -0.15) is 5.06 Å². The van der Waals surface area contributed by atoms with Crippen molar-refractivity contribution in [3.05, 3.63) is 34.9 Å². The Kier molecular flexibility index (Phi) is 13.2. The Hall–Kier alpha value is -1.91.